The lowest BCUT2D eigenvalue weighted by atomic mass is 9.83. The first-order valence-electron chi connectivity index (χ1n) is 10.6. The maximum Gasteiger partial charge on any atom is 0.310 e. The van der Waals surface area contributed by atoms with Crippen LogP contribution in [0.5, 0.6) is 0 Å². The van der Waals surface area contributed by atoms with Crippen molar-refractivity contribution >= 4 is 11.9 Å². The molecule has 0 spiro atoms. The molecule has 0 aliphatic heterocycles. The molecule has 0 heterocycles. The molecule has 0 bridgehead atoms. The minimum Gasteiger partial charge on any atom is -0.465 e. The molecular formula is C22H38O4. The van der Waals surface area contributed by atoms with Gasteiger partial charge in [-0.25, -0.2) is 0 Å². The lowest BCUT2D eigenvalue weighted by Gasteiger charge is -2.26. The van der Waals surface area contributed by atoms with Gasteiger partial charge in [-0.05, 0) is 25.2 Å². The molecule has 1 aliphatic rings. The fourth-order valence-electron chi connectivity index (χ4n) is 3.33. The first-order valence-corrected chi connectivity index (χ1v) is 10.6. The van der Waals surface area contributed by atoms with Gasteiger partial charge in [-0.3, -0.25) is 9.59 Å². The Morgan fingerprint density at radius 3 is 1.96 bits per heavy atom. The smallest absolute Gasteiger partial charge is 0.310 e. The summed E-state index contributed by atoms with van der Waals surface area (Å²) in [5, 5.41) is 0. The highest BCUT2D eigenvalue weighted by Crippen LogP contribution is 2.28. The molecule has 0 N–H and O–H groups in total. The zero-order chi connectivity index (χ0) is 19.2. The second kappa shape index (κ2) is 13.8. The zero-order valence-electron chi connectivity index (χ0n) is 17.0. The average molecular weight is 367 g/mol. The summed E-state index contributed by atoms with van der Waals surface area (Å²) in [7, 11) is 0. The normalized spacial score (nSPS) is 19.5. The van der Waals surface area contributed by atoms with Crippen LogP contribution in [-0.4, -0.2) is 25.2 Å². The highest BCUT2D eigenvalue weighted by molar-refractivity contribution is 5.82. The predicted octanol–water partition coefficient (Wildman–Crippen LogP) is 5.45. The van der Waals surface area contributed by atoms with Crippen LogP contribution in [0.3, 0.4) is 0 Å². The van der Waals surface area contributed by atoms with Gasteiger partial charge < -0.3 is 9.47 Å². The molecule has 150 valence electrons. The summed E-state index contributed by atoms with van der Waals surface area (Å²) >= 11 is 0. The molecular weight excluding hydrogens is 328 g/mol. The van der Waals surface area contributed by atoms with E-state index in [1.807, 2.05) is 12.2 Å². The first-order chi connectivity index (χ1) is 12.6. The molecule has 26 heavy (non-hydrogen) atoms. The van der Waals surface area contributed by atoms with Crippen molar-refractivity contribution in [1.82, 2.24) is 0 Å². The SMILES string of the molecule is CCCCCCCCOC(=O)C1CC=CCC1C(=O)OCC(CC)CC. The quantitative estimate of drug-likeness (QED) is 0.247. The van der Waals surface area contributed by atoms with E-state index in [4.69, 9.17) is 9.47 Å². The lowest BCUT2D eigenvalue weighted by molar-refractivity contribution is -0.161. The van der Waals surface area contributed by atoms with Crippen molar-refractivity contribution in [1.29, 1.82) is 0 Å². The maximum atomic E-state index is 12.5. The Labute approximate surface area is 159 Å². The highest BCUT2D eigenvalue weighted by Gasteiger charge is 2.36. The molecule has 0 aromatic carbocycles. The van der Waals surface area contributed by atoms with Gasteiger partial charge in [0.2, 0.25) is 0 Å². The van der Waals surface area contributed by atoms with Gasteiger partial charge in [0, 0.05) is 0 Å². The Bertz CT molecular complexity index is 426. The van der Waals surface area contributed by atoms with Crippen LogP contribution in [0.1, 0.15) is 85.0 Å². The van der Waals surface area contributed by atoms with E-state index in [-0.39, 0.29) is 11.9 Å². The minimum absolute atomic E-state index is 0.243. The van der Waals surface area contributed by atoms with Gasteiger partial charge in [0.15, 0.2) is 0 Å². The Kier molecular flexibility index (Phi) is 12.1. The van der Waals surface area contributed by atoms with E-state index < -0.39 is 11.8 Å². The summed E-state index contributed by atoms with van der Waals surface area (Å²) < 4.78 is 11.0. The van der Waals surface area contributed by atoms with Crippen LogP contribution in [0.25, 0.3) is 0 Å². The number of unbranched alkanes of at least 4 members (excludes halogenated alkanes) is 5. The highest BCUT2D eigenvalue weighted by atomic mass is 16.5. The average Bonchev–Trinajstić information content (AvgIpc) is 2.67. The van der Waals surface area contributed by atoms with Gasteiger partial charge in [0.25, 0.3) is 0 Å². The number of hydrogen-bond donors (Lipinski definition) is 0. The molecule has 0 fully saturated rings. The van der Waals surface area contributed by atoms with Crippen LogP contribution in [0.2, 0.25) is 0 Å². The standard InChI is InChI=1S/C22H38O4/c1-4-7-8-9-10-13-16-25-21(23)19-14-11-12-15-20(19)22(24)26-17-18(5-2)6-3/h11-12,18-20H,4-10,13-17H2,1-3H3. The van der Waals surface area contributed by atoms with Crippen molar-refractivity contribution in [2.24, 2.45) is 17.8 Å². The number of rotatable bonds is 13. The van der Waals surface area contributed by atoms with Gasteiger partial charge in [0.1, 0.15) is 0 Å². The molecule has 0 radical (unpaired) electrons. The zero-order valence-corrected chi connectivity index (χ0v) is 17.0. The fraction of sp³-hybridized carbons (Fsp3) is 0.818. The Hall–Kier alpha value is -1.32. The summed E-state index contributed by atoms with van der Waals surface area (Å²) in [6, 6.07) is 0. The van der Waals surface area contributed by atoms with E-state index in [0.717, 1.165) is 25.7 Å². The van der Waals surface area contributed by atoms with Crippen molar-refractivity contribution < 1.29 is 19.1 Å². The van der Waals surface area contributed by atoms with Gasteiger partial charge in [0.05, 0.1) is 25.0 Å². The van der Waals surface area contributed by atoms with E-state index in [0.29, 0.717) is 32.0 Å². The van der Waals surface area contributed by atoms with E-state index in [1.165, 1.54) is 25.7 Å². The molecule has 0 aromatic rings. The molecule has 0 amide bonds. The van der Waals surface area contributed by atoms with Crippen LogP contribution < -0.4 is 0 Å². The third kappa shape index (κ3) is 8.37. The van der Waals surface area contributed by atoms with Crippen molar-refractivity contribution in [3.05, 3.63) is 12.2 Å². The number of esters is 2. The third-order valence-corrected chi connectivity index (χ3v) is 5.40. The summed E-state index contributed by atoms with van der Waals surface area (Å²) in [4.78, 5) is 24.9. The van der Waals surface area contributed by atoms with E-state index >= 15 is 0 Å². The second-order valence-electron chi connectivity index (χ2n) is 7.40. The number of ether oxygens (including phenoxy) is 2. The number of hydrogen-bond acceptors (Lipinski definition) is 4. The Morgan fingerprint density at radius 1 is 0.846 bits per heavy atom. The first kappa shape index (κ1) is 22.7. The Morgan fingerprint density at radius 2 is 1.38 bits per heavy atom. The predicted molar refractivity (Wildman–Crippen MR) is 105 cm³/mol. The largest absolute Gasteiger partial charge is 0.465 e. The summed E-state index contributed by atoms with van der Waals surface area (Å²) in [5.41, 5.74) is 0. The summed E-state index contributed by atoms with van der Waals surface area (Å²) in [6.07, 6.45) is 14.0. The van der Waals surface area contributed by atoms with E-state index in [2.05, 4.69) is 20.8 Å². The van der Waals surface area contributed by atoms with Crippen molar-refractivity contribution in [2.75, 3.05) is 13.2 Å². The fourth-order valence-corrected chi connectivity index (χ4v) is 3.33. The van der Waals surface area contributed by atoms with Gasteiger partial charge in [-0.1, -0.05) is 77.9 Å². The maximum absolute atomic E-state index is 12.5. The number of allylic oxidation sites excluding steroid dienone is 2. The minimum atomic E-state index is -0.397. The van der Waals surface area contributed by atoms with Crippen LogP contribution in [0.15, 0.2) is 12.2 Å². The lowest BCUT2D eigenvalue weighted by Crippen LogP contribution is -2.34. The van der Waals surface area contributed by atoms with Gasteiger partial charge in [-0.15, -0.1) is 0 Å². The van der Waals surface area contributed by atoms with Crippen molar-refractivity contribution in [3.63, 3.8) is 0 Å². The van der Waals surface area contributed by atoms with Crippen LogP contribution >= 0.6 is 0 Å². The number of carbonyl (C=O) groups is 2. The van der Waals surface area contributed by atoms with Crippen LogP contribution in [-0.2, 0) is 19.1 Å². The van der Waals surface area contributed by atoms with Gasteiger partial charge >= 0.3 is 11.9 Å². The molecule has 2 atom stereocenters. The van der Waals surface area contributed by atoms with E-state index in [1.54, 1.807) is 0 Å². The molecule has 0 saturated carbocycles. The monoisotopic (exact) mass is 366 g/mol. The van der Waals surface area contributed by atoms with Crippen LogP contribution in [0.4, 0.5) is 0 Å². The van der Waals surface area contributed by atoms with Crippen molar-refractivity contribution in [3.8, 4) is 0 Å². The van der Waals surface area contributed by atoms with E-state index in [9.17, 15) is 9.59 Å². The molecule has 1 aliphatic carbocycles. The molecule has 0 saturated heterocycles. The third-order valence-electron chi connectivity index (χ3n) is 5.40. The van der Waals surface area contributed by atoms with Crippen LogP contribution in [0, 0.1) is 17.8 Å². The van der Waals surface area contributed by atoms with Crippen molar-refractivity contribution in [2.45, 2.75) is 85.0 Å². The summed E-state index contributed by atoms with van der Waals surface area (Å²) in [5.74, 6) is -0.882. The molecule has 0 aromatic heterocycles. The van der Waals surface area contributed by atoms with Gasteiger partial charge in [-0.2, -0.15) is 0 Å². The topological polar surface area (TPSA) is 52.6 Å². The molecule has 1 rings (SSSR count). The molecule has 4 nitrogen and oxygen atoms in total. The molecule has 2 unspecified atom stereocenters. The second-order valence-corrected chi connectivity index (χ2v) is 7.40. The Balaban J connectivity index is 2.38. The number of carbonyl (C=O) groups excluding carboxylic acids is 2. The summed E-state index contributed by atoms with van der Waals surface area (Å²) in [6.45, 7) is 7.32. The molecule has 4 heteroatoms.